The van der Waals surface area contributed by atoms with Crippen molar-refractivity contribution in [2.75, 3.05) is 44.7 Å². The van der Waals surface area contributed by atoms with Gasteiger partial charge < -0.3 is 15.0 Å². The van der Waals surface area contributed by atoms with Crippen LogP contribution in [-0.2, 0) is 9.53 Å². The molecule has 1 aromatic rings. The van der Waals surface area contributed by atoms with Crippen molar-refractivity contribution in [3.63, 3.8) is 0 Å². The zero-order valence-electron chi connectivity index (χ0n) is 12.2. The number of amides is 1. The maximum absolute atomic E-state index is 11.9. The minimum Gasteiger partial charge on any atom is -0.370 e. The highest BCUT2D eigenvalue weighted by Crippen LogP contribution is 2.30. The molecular weight excluding hydrogens is 266 g/mol. The van der Waals surface area contributed by atoms with E-state index in [2.05, 4.69) is 10.3 Å². The molecule has 0 radical (unpaired) electrons. The number of para-hydroxylation sites is 1. The number of nitrogens with zero attached hydrogens (tertiary/aromatic N) is 1. The van der Waals surface area contributed by atoms with Gasteiger partial charge in [0.15, 0.2) is 0 Å². The molecule has 5 nitrogen and oxygen atoms in total. The van der Waals surface area contributed by atoms with Gasteiger partial charge in [0.2, 0.25) is 5.91 Å². The number of morpholine rings is 1. The fourth-order valence-electron chi connectivity index (χ4n) is 2.89. The van der Waals surface area contributed by atoms with Gasteiger partial charge in [-0.2, -0.15) is 0 Å². The fraction of sp³-hybridized carbons (Fsp3) is 0.500. The van der Waals surface area contributed by atoms with Gasteiger partial charge in [0.05, 0.1) is 19.8 Å². The average molecular weight is 288 g/mol. The van der Waals surface area contributed by atoms with E-state index in [1.807, 2.05) is 24.3 Å². The van der Waals surface area contributed by atoms with Crippen LogP contribution in [0, 0.1) is 0 Å². The van der Waals surface area contributed by atoms with Crippen LogP contribution in [0.1, 0.15) is 17.9 Å². The third-order valence-corrected chi connectivity index (χ3v) is 4.11. The summed E-state index contributed by atoms with van der Waals surface area (Å²) in [7, 11) is 0. The highest BCUT2D eigenvalue weighted by molar-refractivity contribution is 6.12. The lowest BCUT2D eigenvalue weighted by Crippen LogP contribution is -3.14. The Morgan fingerprint density at radius 2 is 2.14 bits per heavy atom. The standard InChI is InChI=1S/C16H21N3O2/c20-16-14(13-4-1-2-5-15(13)18-16)12-17-6-3-7-19-8-10-21-11-9-19/h1-2,4-5,12,14H,3,6-11H2,(H,18,20)/p+1/t14-/m1/s1. The van der Waals surface area contributed by atoms with Gasteiger partial charge in [-0.05, 0) is 11.6 Å². The van der Waals surface area contributed by atoms with Crippen molar-refractivity contribution in [2.45, 2.75) is 12.3 Å². The number of anilines is 1. The summed E-state index contributed by atoms with van der Waals surface area (Å²) in [5.74, 6) is -0.198. The van der Waals surface area contributed by atoms with E-state index >= 15 is 0 Å². The molecule has 1 aromatic carbocycles. The SMILES string of the molecule is O=C1Nc2ccccc2[C@H]1C=NCCC[NH+]1CCOCC1. The number of carbonyl (C=O) groups is 1. The predicted molar refractivity (Wildman–Crippen MR) is 82.2 cm³/mol. The molecule has 0 bridgehead atoms. The molecule has 0 spiro atoms. The van der Waals surface area contributed by atoms with Crippen LogP contribution in [0.2, 0.25) is 0 Å². The lowest BCUT2D eigenvalue weighted by Gasteiger charge is -2.23. The highest BCUT2D eigenvalue weighted by atomic mass is 16.5. The predicted octanol–water partition coefficient (Wildman–Crippen LogP) is 0.0983. The summed E-state index contributed by atoms with van der Waals surface area (Å²) in [5, 5.41) is 2.89. The van der Waals surface area contributed by atoms with E-state index in [9.17, 15) is 4.79 Å². The van der Waals surface area contributed by atoms with Gasteiger partial charge in [-0.25, -0.2) is 0 Å². The van der Waals surface area contributed by atoms with E-state index in [0.717, 1.165) is 57.1 Å². The van der Waals surface area contributed by atoms with Gasteiger partial charge in [-0.3, -0.25) is 9.79 Å². The molecule has 1 amide bonds. The summed E-state index contributed by atoms with van der Waals surface area (Å²) in [6.45, 7) is 5.87. The summed E-state index contributed by atoms with van der Waals surface area (Å²) in [6.07, 6.45) is 2.86. The number of rotatable bonds is 5. The van der Waals surface area contributed by atoms with E-state index in [1.54, 1.807) is 11.1 Å². The molecule has 1 atom stereocenters. The van der Waals surface area contributed by atoms with Gasteiger partial charge in [-0.1, -0.05) is 18.2 Å². The molecule has 2 aliphatic heterocycles. The van der Waals surface area contributed by atoms with Crippen LogP contribution in [0.5, 0.6) is 0 Å². The zero-order valence-corrected chi connectivity index (χ0v) is 12.2. The van der Waals surface area contributed by atoms with Gasteiger partial charge in [0, 0.05) is 24.9 Å². The molecule has 112 valence electrons. The molecular formula is C16H22N3O2+. The number of benzene rings is 1. The van der Waals surface area contributed by atoms with Crippen molar-refractivity contribution >= 4 is 17.8 Å². The highest BCUT2D eigenvalue weighted by Gasteiger charge is 2.28. The smallest absolute Gasteiger partial charge is 0.237 e. The Hall–Kier alpha value is -1.72. The summed E-state index contributed by atoms with van der Waals surface area (Å²) in [6, 6.07) is 7.82. The van der Waals surface area contributed by atoms with Crippen molar-refractivity contribution in [3.05, 3.63) is 29.8 Å². The monoisotopic (exact) mass is 288 g/mol. The van der Waals surface area contributed by atoms with Gasteiger partial charge in [0.25, 0.3) is 0 Å². The molecule has 0 saturated carbocycles. The van der Waals surface area contributed by atoms with Crippen LogP contribution in [-0.4, -0.2) is 51.5 Å². The number of hydrogen-bond donors (Lipinski definition) is 2. The van der Waals surface area contributed by atoms with Gasteiger partial charge >= 0.3 is 0 Å². The first-order valence-electron chi connectivity index (χ1n) is 7.65. The van der Waals surface area contributed by atoms with E-state index in [0.29, 0.717) is 0 Å². The lowest BCUT2D eigenvalue weighted by molar-refractivity contribution is -0.908. The molecule has 0 aliphatic carbocycles. The lowest BCUT2D eigenvalue weighted by atomic mass is 10.0. The topological polar surface area (TPSA) is 55.1 Å². The van der Waals surface area contributed by atoms with Crippen LogP contribution in [0.3, 0.4) is 0 Å². The van der Waals surface area contributed by atoms with Gasteiger partial charge in [-0.15, -0.1) is 0 Å². The van der Waals surface area contributed by atoms with Crippen LogP contribution in [0.4, 0.5) is 5.69 Å². The second-order valence-corrected chi connectivity index (χ2v) is 5.58. The summed E-state index contributed by atoms with van der Waals surface area (Å²) >= 11 is 0. The molecule has 2 heterocycles. The molecule has 21 heavy (non-hydrogen) atoms. The van der Waals surface area contributed by atoms with Gasteiger partial charge in [0.1, 0.15) is 19.0 Å². The normalized spacial score (nSPS) is 22.5. The number of nitrogens with one attached hydrogen (secondary N) is 2. The molecule has 0 unspecified atom stereocenters. The summed E-state index contributed by atoms with van der Waals surface area (Å²) < 4.78 is 5.34. The van der Waals surface area contributed by atoms with E-state index in [-0.39, 0.29) is 11.8 Å². The molecule has 3 rings (SSSR count). The largest absolute Gasteiger partial charge is 0.370 e. The quantitative estimate of drug-likeness (QED) is 0.596. The second kappa shape index (κ2) is 6.83. The first-order valence-corrected chi connectivity index (χ1v) is 7.65. The van der Waals surface area contributed by atoms with Crippen molar-refractivity contribution < 1.29 is 14.4 Å². The van der Waals surface area contributed by atoms with E-state index in [1.165, 1.54) is 0 Å². The molecule has 0 aromatic heterocycles. The third kappa shape index (κ3) is 3.49. The Morgan fingerprint density at radius 1 is 1.33 bits per heavy atom. The molecule has 5 heteroatoms. The number of carbonyl (C=O) groups excluding carboxylic acids is 1. The minimum absolute atomic E-state index is 0.0266. The zero-order chi connectivity index (χ0) is 14.5. The number of fused-ring (bicyclic) bond motifs is 1. The third-order valence-electron chi connectivity index (χ3n) is 4.11. The molecule has 1 saturated heterocycles. The number of quaternary nitrogens is 1. The fourth-order valence-corrected chi connectivity index (χ4v) is 2.89. The van der Waals surface area contributed by atoms with Crippen LogP contribution in [0.15, 0.2) is 29.3 Å². The Bertz CT molecular complexity index is 524. The Morgan fingerprint density at radius 3 is 3.00 bits per heavy atom. The summed E-state index contributed by atoms with van der Waals surface area (Å²) in [4.78, 5) is 18.0. The Kier molecular flexibility index (Phi) is 4.62. The summed E-state index contributed by atoms with van der Waals surface area (Å²) in [5.41, 5.74) is 1.95. The Balaban J connectivity index is 1.47. The number of ether oxygens (including phenoxy) is 1. The van der Waals surface area contributed by atoms with Crippen LogP contribution >= 0.6 is 0 Å². The maximum atomic E-state index is 11.9. The van der Waals surface area contributed by atoms with Crippen molar-refractivity contribution in [2.24, 2.45) is 4.99 Å². The average Bonchev–Trinajstić information content (AvgIpc) is 2.84. The van der Waals surface area contributed by atoms with Crippen molar-refractivity contribution in [1.29, 1.82) is 0 Å². The Labute approximate surface area is 125 Å². The van der Waals surface area contributed by atoms with Crippen LogP contribution in [0.25, 0.3) is 0 Å². The molecule has 2 aliphatic rings. The minimum atomic E-state index is -0.225. The van der Waals surface area contributed by atoms with Crippen molar-refractivity contribution in [3.8, 4) is 0 Å². The van der Waals surface area contributed by atoms with Crippen LogP contribution < -0.4 is 10.2 Å². The molecule has 1 fully saturated rings. The first-order chi connectivity index (χ1) is 10.3. The van der Waals surface area contributed by atoms with E-state index in [4.69, 9.17) is 4.74 Å². The van der Waals surface area contributed by atoms with Crippen molar-refractivity contribution in [1.82, 2.24) is 0 Å². The number of aliphatic imine (C=N–C) groups is 1. The second-order valence-electron chi connectivity index (χ2n) is 5.58. The van der Waals surface area contributed by atoms with E-state index < -0.39 is 0 Å². The maximum Gasteiger partial charge on any atom is 0.237 e. The first kappa shape index (κ1) is 14.2. The number of hydrogen-bond acceptors (Lipinski definition) is 3. The molecule has 2 N–H and O–H groups in total.